The highest BCUT2D eigenvalue weighted by molar-refractivity contribution is 7.89. The summed E-state index contributed by atoms with van der Waals surface area (Å²) in [6, 6.07) is 15.8. The third-order valence-electron chi connectivity index (χ3n) is 4.48. The Balaban J connectivity index is 1.62. The molecule has 1 aliphatic rings. The SMILES string of the molecule is COc1ccccc1/C=C\C(=O)N1CCN(S(=O)(=O)c2ccccc2)CC1. The van der Waals surface area contributed by atoms with Crippen molar-refractivity contribution in [2.45, 2.75) is 4.90 Å². The number of nitrogens with zero attached hydrogens (tertiary/aromatic N) is 2. The van der Waals surface area contributed by atoms with E-state index in [1.165, 1.54) is 10.4 Å². The first-order valence-corrected chi connectivity index (χ1v) is 10.1. The Bertz CT molecular complexity index is 918. The number of methoxy groups -OCH3 is 1. The highest BCUT2D eigenvalue weighted by Crippen LogP contribution is 2.20. The van der Waals surface area contributed by atoms with Crippen LogP contribution < -0.4 is 4.74 Å². The van der Waals surface area contributed by atoms with Gasteiger partial charge in [0.1, 0.15) is 5.75 Å². The lowest BCUT2D eigenvalue weighted by Gasteiger charge is -2.33. The Morgan fingerprint density at radius 1 is 0.963 bits per heavy atom. The number of hydrogen-bond acceptors (Lipinski definition) is 4. The molecule has 3 rings (SSSR count). The molecule has 7 heteroatoms. The minimum atomic E-state index is -3.51. The first-order valence-electron chi connectivity index (χ1n) is 8.67. The van der Waals surface area contributed by atoms with Gasteiger partial charge in [0.25, 0.3) is 0 Å². The molecule has 0 aliphatic carbocycles. The molecule has 6 nitrogen and oxygen atoms in total. The van der Waals surface area contributed by atoms with Gasteiger partial charge in [-0.3, -0.25) is 4.79 Å². The monoisotopic (exact) mass is 386 g/mol. The molecule has 2 aromatic rings. The second kappa shape index (κ2) is 8.37. The molecule has 27 heavy (non-hydrogen) atoms. The van der Waals surface area contributed by atoms with Crippen LogP contribution in [0.15, 0.2) is 65.6 Å². The van der Waals surface area contributed by atoms with Crippen molar-refractivity contribution in [3.05, 3.63) is 66.2 Å². The molecule has 142 valence electrons. The minimum Gasteiger partial charge on any atom is -0.496 e. The van der Waals surface area contributed by atoms with Gasteiger partial charge in [-0.1, -0.05) is 36.4 Å². The molecule has 1 aliphatic heterocycles. The molecule has 0 aromatic heterocycles. The van der Waals surface area contributed by atoms with Gasteiger partial charge in [0.05, 0.1) is 12.0 Å². The van der Waals surface area contributed by atoms with Crippen molar-refractivity contribution in [1.82, 2.24) is 9.21 Å². The van der Waals surface area contributed by atoms with Gasteiger partial charge in [0, 0.05) is 37.8 Å². The fourth-order valence-corrected chi connectivity index (χ4v) is 4.40. The largest absolute Gasteiger partial charge is 0.496 e. The molecular weight excluding hydrogens is 364 g/mol. The maximum absolute atomic E-state index is 12.6. The minimum absolute atomic E-state index is 0.141. The summed E-state index contributed by atoms with van der Waals surface area (Å²) in [5, 5.41) is 0. The van der Waals surface area contributed by atoms with Crippen molar-refractivity contribution in [1.29, 1.82) is 0 Å². The van der Waals surface area contributed by atoms with E-state index in [1.54, 1.807) is 48.4 Å². The maximum atomic E-state index is 12.6. The first kappa shape index (κ1) is 19.1. The molecule has 0 atom stereocenters. The molecule has 2 aromatic carbocycles. The van der Waals surface area contributed by atoms with Crippen LogP contribution in [-0.4, -0.2) is 56.8 Å². The van der Waals surface area contributed by atoms with Crippen LogP contribution in [0.2, 0.25) is 0 Å². The summed E-state index contributed by atoms with van der Waals surface area (Å²) < 4.78 is 32.0. The van der Waals surface area contributed by atoms with E-state index in [0.717, 1.165) is 5.56 Å². The van der Waals surface area contributed by atoms with Crippen molar-refractivity contribution >= 4 is 22.0 Å². The van der Waals surface area contributed by atoms with Crippen LogP contribution in [0.4, 0.5) is 0 Å². The molecule has 0 bridgehead atoms. The van der Waals surface area contributed by atoms with Gasteiger partial charge in [0.2, 0.25) is 15.9 Å². The Morgan fingerprint density at radius 2 is 1.59 bits per heavy atom. The summed E-state index contributed by atoms with van der Waals surface area (Å²) in [5.74, 6) is 0.554. The summed E-state index contributed by atoms with van der Waals surface area (Å²) in [6.07, 6.45) is 3.22. The zero-order valence-corrected chi connectivity index (χ0v) is 15.9. The molecule has 1 saturated heterocycles. The van der Waals surface area contributed by atoms with E-state index in [9.17, 15) is 13.2 Å². The van der Waals surface area contributed by atoms with Gasteiger partial charge in [-0.05, 0) is 24.3 Å². The van der Waals surface area contributed by atoms with Crippen molar-refractivity contribution in [2.75, 3.05) is 33.3 Å². The second-order valence-electron chi connectivity index (χ2n) is 6.12. The fraction of sp³-hybridized carbons (Fsp3) is 0.250. The fourth-order valence-electron chi connectivity index (χ4n) is 2.96. The van der Waals surface area contributed by atoms with E-state index in [4.69, 9.17) is 4.74 Å². The number of piperazine rings is 1. The normalized spacial score (nSPS) is 15.8. The van der Waals surface area contributed by atoms with E-state index >= 15 is 0 Å². The van der Waals surface area contributed by atoms with Crippen molar-refractivity contribution in [3.63, 3.8) is 0 Å². The highest BCUT2D eigenvalue weighted by atomic mass is 32.2. The highest BCUT2D eigenvalue weighted by Gasteiger charge is 2.29. The average molecular weight is 386 g/mol. The summed E-state index contributed by atoms with van der Waals surface area (Å²) in [4.78, 5) is 14.4. The number of sulfonamides is 1. The van der Waals surface area contributed by atoms with E-state index in [1.807, 2.05) is 24.3 Å². The van der Waals surface area contributed by atoms with E-state index in [2.05, 4.69) is 0 Å². The lowest BCUT2D eigenvalue weighted by Crippen LogP contribution is -2.50. The Labute approximate surface area is 159 Å². The van der Waals surface area contributed by atoms with Crippen LogP contribution in [-0.2, 0) is 14.8 Å². The predicted octanol–water partition coefficient (Wildman–Crippen LogP) is 2.24. The number of hydrogen-bond donors (Lipinski definition) is 0. The standard InChI is InChI=1S/C20H22N2O4S/c1-26-19-10-6-5-7-17(19)11-12-20(23)21-13-15-22(16-14-21)27(24,25)18-8-3-2-4-9-18/h2-12H,13-16H2,1H3/b12-11-. The van der Waals surface area contributed by atoms with Crippen molar-refractivity contribution in [3.8, 4) is 5.75 Å². The summed E-state index contributed by atoms with van der Waals surface area (Å²) in [7, 11) is -1.93. The number of benzene rings is 2. The smallest absolute Gasteiger partial charge is 0.246 e. The maximum Gasteiger partial charge on any atom is 0.246 e. The molecule has 1 fully saturated rings. The molecule has 1 amide bonds. The van der Waals surface area contributed by atoms with Crippen LogP contribution in [0.5, 0.6) is 5.75 Å². The molecule has 0 unspecified atom stereocenters. The third kappa shape index (κ3) is 4.37. The number of para-hydroxylation sites is 1. The molecule has 1 heterocycles. The first-order chi connectivity index (χ1) is 13.0. The third-order valence-corrected chi connectivity index (χ3v) is 6.39. The lowest BCUT2D eigenvalue weighted by molar-refractivity contribution is -0.127. The number of carbonyl (C=O) groups is 1. The Hall–Kier alpha value is -2.64. The van der Waals surface area contributed by atoms with Gasteiger partial charge in [0.15, 0.2) is 0 Å². The van der Waals surface area contributed by atoms with E-state index < -0.39 is 10.0 Å². The van der Waals surface area contributed by atoms with Gasteiger partial charge < -0.3 is 9.64 Å². The summed E-state index contributed by atoms with van der Waals surface area (Å²) in [5.41, 5.74) is 0.818. The van der Waals surface area contributed by atoms with E-state index in [0.29, 0.717) is 18.8 Å². The predicted molar refractivity (Wildman–Crippen MR) is 104 cm³/mol. The van der Waals surface area contributed by atoms with Gasteiger partial charge >= 0.3 is 0 Å². The van der Waals surface area contributed by atoms with Crippen LogP contribution in [0.25, 0.3) is 6.08 Å². The number of carbonyl (C=O) groups excluding carboxylic acids is 1. The van der Waals surface area contributed by atoms with Crippen LogP contribution >= 0.6 is 0 Å². The van der Waals surface area contributed by atoms with Crippen LogP contribution in [0.3, 0.4) is 0 Å². The Morgan fingerprint density at radius 3 is 2.26 bits per heavy atom. The zero-order chi connectivity index (χ0) is 19.3. The number of amides is 1. The molecule has 0 saturated carbocycles. The van der Waals surface area contributed by atoms with Gasteiger partial charge in [-0.15, -0.1) is 0 Å². The van der Waals surface area contributed by atoms with Gasteiger partial charge in [-0.25, -0.2) is 8.42 Å². The van der Waals surface area contributed by atoms with Crippen molar-refractivity contribution < 1.29 is 17.9 Å². The zero-order valence-electron chi connectivity index (χ0n) is 15.1. The summed E-state index contributed by atoms with van der Waals surface area (Å²) in [6.45, 7) is 1.29. The average Bonchev–Trinajstić information content (AvgIpc) is 2.73. The van der Waals surface area contributed by atoms with Crippen molar-refractivity contribution in [2.24, 2.45) is 0 Å². The summed E-state index contributed by atoms with van der Waals surface area (Å²) >= 11 is 0. The quantitative estimate of drug-likeness (QED) is 0.739. The number of rotatable bonds is 5. The molecule has 0 radical (unpaired) electrons. The molecule has 0 N–H and O–H groups in total. The molecule has 0 spiro atoms. The van der Waals surface area contributed by atoms with Crippen LogP contribution in [0.1, 0.15) is 5.56 Å². The molecular formula is C20H22N2O4S. The topological polar surface area (TPSA) is 66.9 Å². The van der Waals surface area contributed by atoms with Crippen LogP contribution in [0, 0.1) is 0 Å². The second-order valence-corrected chi connectivity index (χ2v) is 8.06. The Kier molecular flexibility index (Phi) is 5.93. The number of ether oxygens (including phenoxy) is 1. The van der Waals surface area contributed by atoms with E-state index in [-0.39, 0.29) is 23.9 Å². The van der Waals surface area contributed by atoms with Gasteiger partial charge in [-0.2, -0.15) is 4.31 Å². The lowest BCUT2D eigenvalue weighted by atomic mass is 10.2.